The molecule has 0 amide bonds. The first kappa shape index (κ1) is 15.4. The first-order valence-corrected chi connectivity index (χ1v) is 8.98. The van der Waals surface area contributed by atoms with Gasteiger partial charge in [0.2, 0.25) is 0 Å². The Labute approximate surface area is 121 Å². The van der Waals surface area contributed by atoms with Crippen molar-refractivity contribution in [2.24, 2.45) is 34.5 Å². The van der Waals surface area contributed by atoms with Crippen LogP contribution < -0.4 is 0 Å². The van der Waals surface area contributed by atoms with Gasteiger partial charge in [-0.15, -0.1) is 0 Å². The highest BCUT2D eigenvalue weighted by Crippen LogP contribution is 2.66. The zero-order valence-electron chi connectivity index (χ0n) is 14.3. The van der Waals surface area contributed by atoms with E-state index in [0.29, 0.717) is 10.8 Å². The lowest BCUT2D eigenvalue weighted by atomic mass is 9.54. The van der Waals surface area contributed by atoms with Crippen molar-refractivity contribution in [3.05, 3.63) is 0 Å². The van der Waals surface area contributed by atoms with Crippen molar-refractivity contribution in [2.75, 3.05) is 0 Å². The van der Waals surface area contributed by atoms with Gasteiger partial charge in [0.25, 0.3) is 0 Å². The molecule has 3 aliphatic carbocycles. The molecule has 0 heteroatoms. The van der Waals surface area contributed by atoms with E-state index in [0.717, 1.165) is 23.7 Å². The summed E-state index contributed by atoms with van der Waals surface area (Å²) in [7, 11) is 0. The molecule has 0 radical (unpaired) electrons. The van der Waals surface area contributed by atoms with Crippen LogP contribution in [0.15, 0.2) is 0 Å². The third kappa shape index (κ3) is 2.38. The molecule has 0 aliphatic heterocycles. The highest BCUT2D eigenvalue weighted by molar-refractivity contribution is 5.07. The SMILES string of the molecule is CC.CCC1CCC2CC3CC(C)CC3(C)CC12C. The molecule has 3 saturated carbocycles. The number of hydrogen-bond acceptors (Lipinski definition) is 0. The highest BCUT2D eigenvalue weighted by atomic mass is 14.6. The number of rotatable bonds is 1. The van der Waals surface area contributed by atoms with Gasteiger partial charge in [0.05, 0.1) is 0 Å². The van der Waals surface area contributed by atoms with Crippen LogP contribution in [0.25, 0.3) is 0 Å². The minimum Gasteiger partial charge on any atom is -0.0683 e. The molecule has 0 N–H and O–H groups in total. The van der Waals surface area contributed by atoms with E-state index in [2.05, 4.69) is 27.7 Å². The summed E-state index contributed by atoms with van der Waals surface area (Å²) in [6, 6.07) is 0. The van der Waals surface area contributed by atoms with Crippen LogP contribution in [0.3, 0.4) is 0 Å². The van der Waals surface area contributed by atoms with Crippen LogP contribution in [0, 0.1) is 34.5 Å². The minimum absolute atomic E-state index is 0.697. The molecule has 3 aliphatic rings. The fourth-order valence-corrected chi connectivity index (χ4v) is 6.37. The molecule has 0 nitrogen and oxygen atoms in total. The van der Waals surface area contributed by atoms with Crippen molar-refractivity contribution in [3.63, 3.8) is 0 Å². The summed E-state index contributed by atoms with van der Waals surface area (Å²) in [6.45, 7) is 14.2. The fourth-order valence-electron chi connectivity index (χ4n) is 6.37. The second-order valence-electron chi connectivity index (χ2n) is 8.19. The van der Waals surface area contributed by atoms with Gasteiger partial charge in [-0.25, -0.2) is 0 Å². The van der Waals surface area contributed by atoms with E-state index in [1.807, 2.05) is 13.8 Å². The zero-order valence-corrected chi connectivity index (χ0v) is 14.3. The van der Waals surface area contributed by atoms with E-state index >= 15 is 0 Å². The van der Waals surface area contributed by atoms with Gasteiger partial charge in [0.15, 0.2) is 0 Å². The van der Waals surface area contributed by atoms with Crippen LogP contribution >= 0.6 is 0 Å². The maximum Gasteiger partial charge on any atom is -0.0264 e. The quantitative estimate of drug-likeness (QED) is 0.521. The number of hydrogen-bond donors (Lipinski definition) is 0. The molecule has 0 saturated heterocycles. The molecule has 0 bridgehead atoms. The lowest BCUT2D eigenvalue weighted by molar-refractivity contribution is -0.0172. The lowest BCUT2D eigenvalue weighted by Gasteiger charge is -2.51. The van der Waals surface area contributed by atoms with Gasteiger partial charge >= 0.3 is 0 Å². The Morgan fingerprint density at radius 1 is 1.00 bits per heavy atom. The predicted octanol–water partition coefficient (Wildman–Crippen LogP) is 6.30. The Kier molecular flexibility index (Phi) is 4.38. The Morgan fingerprint density at radius 3 is 2.32 bits per heavy atom. The monoisotopic (exact) mass is 264 g/mol. The van der Waals surface area contributed by atoms with Crippen molar-refractivity contribution < 1.29 is 0 Å². The van der Waals surface area contributed by atoms with Crippen molar-refractivity contribution in [1.29, 1.82) is 0 Å². The second kappa shape index (κ2) is 5.41. The van der Waals surface area contributed by atoms with Crippen LogP contribution in [0.1, 0.15) is 86.5 Å². The standard InChI is InChI=1S/C17H30.C2H6/c1-5-13-6-7-14-9-15-8-12(2)10-16(15,3)11-17(13,14)4;1-2/h12-15H,5-11H2,1-4H3;1-2H3. The minimum atomic E-state index is 0.697. The summed E-state index contributed by atoms with van der Waals surface area (Å²) < 4.78 is 0. The molecule has 6 unspecified atom stereocenters. The normalized spacial score (nSPS) is 52.1. The molecule has 112 valence electrons. The summed E-state index contributed by atoms with van der Waals surface area (Å²) in [4.78, 5) is 0. The smallest absolute Gasteiger partial charge is 0.0264 e. The fraction of sp³-hybridized carbons (Fsp3) is 1.00. The highest BCUT2D eigenvalue weighted by Gasteiger charge is 2.57. The molecular formula is C19H36. The first-order chi connectivity index (χ1) is 8.98. The molecule has 19 heavy (non-hydrogen) atoms. The molecule has 3 fully saturated rings. The lowest BCUT2D eigenvalue weighted by Crippen LogP contribution is -2.43. The number of fused-ring (bicyclic) bond motifs is 2. The molecule has 0 spiro atoms. The molecule has 6 atom stereocenters. The van der Waals surface area contributed by atoms with E-state index < -0.39 is 0 Å². The van der Waals surface area contributed by atoms with Crippen LogP contribution in [0.5, 0.6) is 0 Å². The maximum atomic E-state index is 2.64. The molecule has 0 aromatic heterocycles. The average Bonchev–Trinajstić information content (AvgIpc) is 2.81. The van der Waals surface area contributed by atoms with E-state index in [9.17, 15) is 0 Å². The second-order valence-corrected chi connectivity index (χ2v) is 8.19. The Bertz CT molecular complexity index is 307. The van der Waals surface area contributed by atoms with Gasteiger partial charge in [-0.2, -0.15) is 0 Å². The molecule has 0 aromatic carbocycles. The Hall–Kier alpha value is 0. The van der Waals surface area contributed by atoms with Crippen molar-refractivity contribution in [1.82, 2.24) is 0 Å². The largest absolute Gasteiger partial charge is 0.0683 e. The van der Waals surface area contributed by atoms with Gasteiger partial charge < -0.3 is 0 Å². The van der Waals surface area contributed by atoms with E-state index in [1.165, 1.54) is 38.5 Å². The summed E-state index contributed by atoms with van der Waals surface area (Å²) in [5.41, 5.74) is 1.40. The summed E-state index contributed by atoms with van der Waals surface area (Å²) in [6.07, 6.45) is 10.6. The first-order valence-electron chi connectivity index (χ1n) is 8.98. The summed E-state index contributed by atoms with van der Waals surface area (Å²) in [5, 5.41) is 0. The van der Waals surface area contributed by atoms with Gasteiger partial charge in [-0.1, -0.05) is 48.0 Å². The third-order valence-corrected chi connectivity index (χ3v) is 7.06. The van der Waals surface area contributed by atoms with Crippen LogP contribution in [-0.2, 0) is 0 Å². The molecular weight excluding hydrogens is 228 g/mol. The topological polar surface area (TPSA) is 0 Å². The van der Waals surface area contributed by atoms with Gasteiger partial charge in [-0.3, -0.25) is 0 Å². The van der Waals surface area contributed by atoms with Gasteiger partial charge in [-0.05, 0) is 73.0 Å². The Morgan fingerprint density at radius 2 is 1.68 bits per heavy atom. The summed E-state index contributed by atoms with van der Waals surface area (Å²) >= 11 is 0. The zero-order chi connectivity index (χ0) is 14.3. The van der Waals surface area contributed by atoms with E-state index in [1.54, 1.807) is 6.42 Å². The Balaban J connectivity index is 0.000000637. The van der Waals surface area contributed by atoms with Crippen LogP contribution in [0.4, 0.5) is 0 Å². The molecule has 3 rings (SSSR count). The van der Waals surface area contributed by atoms with Crippen molar-refractivity contribution in [3.8, 4) is 0 Å². The van der Waals surface area contributed by atoms with Gasteiger partial charge in [0.1, 0.15) is 0 Å². The van der Waals surface area contributed by atoms with Crippen LogP contribution in [-0.4, -0.2) is 0 Å². The van der Waals surface area contributed by atoms with E-state index in [-0.39, 0.29) is 0 Å². The van der Waals surface area contributed by atoms with Gasteiger partial charge in [0, 0.05) is 0 Å². The third-order valence-electron chi connectivity index (χ3n) is 7.06. The van der Waals surface area contributed by atoms with Crippen LogP contribution in [0.2, 0.25) is 0 Å². The maximum absolute atomic E-state index is 2.64. The predicted molar refractivity (Wildman–Crippen MR) is 85.2 cm³/mol. The van der Waals surface area contributed by atoms with E-state index in [4.69, 9.17) is 0 Å². The summed E-state index contributed by atoms with van der Waals surface area (Å²) in [5.74, 6) is 4.15. The van der Waals surface area contributed by atoms with Crippen molar-refractivity contribution >= 4 is 0 Å². The average molecular weight is 264 g/mol. The molecule has 0 aromatic rings. The van der Waals surface area contributed by atoms with Crippen molar-refractivity contribution in [2.45, 2.75) is 86.5 Å². The molecule has 0 heterocycles.